The molecule has 0 atom stereocenters. The normalized spacial score (nSPS) is 14.9. The van der Waals surface area contributed by atoms with Gasteiger partial charge in [-0.1, -0.05) is 12.1 Å². The topological polar surface area (TPSA) is 89.5 Å². The van der Waals surface area contributed by atoms with E-state index >= 15 is 0 Å². The maximum Gasteiger partial charge on any atom is 0.243 e. The standard InChI is InChI=1S/C23H38N6O3/c1-18(2)26-21(30)17-28-12-14-29(15-13-28)23(25-16-22(31)27(3)4)24-11-10-19-6-8-20(32-5)9-7-19/h6-9,18H,10-17H2,1-5H3,(H,24,25)(H,26,30). The number of benzene rings is 1. The first kappa shape index (κ1) is 25.5. The van der Waals surface area contributed by atoms with E-state index in [2.05, 4.69) is 25.4 Å². The first-order chi connectivity index (χ1) is 15.3. The highest BCUT2D eigenvalue weighted by atomic mass is 16.5. The van der Waals surface area contributed by atoms with Crippen molar-refractivity contribution in [3.8, 4) is 5.75 Å². The minimum Gasteiger partial charge on any atom is -0.497 e. The quantitative estimate of drug-likeness (QED) is 0.422. The molecule has 0 aliphatic carbocycles. The molecule has 32 heavy (non-hydrogen) atoms. The highest BCUT2D eigenvalue weighted by molar-refractivity contribution is 5.85. The Hall–Kier alpha value is -2.81. The second kappa shape index (κ2) is 12.9. The lowest BCUT2D eigenvalue weighted by Gasteiger charge is -2.36. The molecule has 1 aliphatic heterocycles. The van der Waals surface area contributed by atoms with Crippen LogP contribution in [0, 0.1) is 0 Å². The lowest BCUT2D eigenvalue weighted by atomic mass is 10.1. The molecule has 2 N–H and O–H groups in total. The van der Waals surface area contributed by atoms with Gasteiger partial charge in [0.2, 0.25) is 11.8 Å². The van der Waals surface area contributed by atoms with E-state index in [-0.39, 0.29) is 24.4 Å². The van der Waals surface area contributed by atoms with Gasteiger partial charge in [0.05, 0.1) is 13.7 Å². The van der Waals surface area contributed by atoms with Crippen LogP contribution in [0.3, 0.4) is 0 Å². The summed E-state index contributed by atoms with van der Waals surface area (Å²) in [6, 6.07) is 8.15. The van der Waals surface area contributed by atoms with E-state index in [4.69, 9.17) is 4.74 Å². The Balaban J connectivity index is 1.92. The number of aliphatic imine (C=N–C) groups is 1. The predicted octanol–water partition coefficient (Wildman–Crippen LogP) is 0.414. The summed E-state index contributed by atoms with van der Waals surface area (Å²) >= 11 is 0. The molecule has 0 spiro atoms. The summed E-state index contributed by atoms with van der Waals surface area (Å²) in [6.45, 7) is 8.18. The van der Waals surface area contributed by atoms with Crippen molar-refractivity contribution in [2.45, 2.75) is 26.3 Å². The van der Waals surface area contributed by atoms with Gasteiger partial charge in [-0.3, -0.25) is 14.5 Å². The van der Waals surface area contributed by atoms with Gasteiger partial charge in [0.1, 0.15) is 12.3 Å². The fraction of sp³-hybridized carbons (Fsp3) is 0.609. The minimum absolute atomic E-state index is 0.0385. The van der Waals surface area contributed by atoms with E-state index in [9.17, 15) is 9.59 Å². The largest absolute Gasteiger partial charge is 0.497 e. The number of carbonyl (C=O) groups excluding carboxylic acids is 2. The molecule has 0 unspecified atom stereocenters. The number of rotatable bonds is 9. The summed E-state index contributed by atoms with van der Waals surface area (Å²) in [5.74, 6) is 1.59. The van der Waals surface area contributed by atoms with Gasteiger partial charge in [-0.05, 0) is 38.0 Å². The number of nitrogens with zero attached hydrogens (tertiary/aromatic N) is 4. The zero-order chi connectivity index (χ0) is 23.5. The van der Waals surface area contributed by atoms with Gasteiger partial charge < -0.3 is 25.2 Å². The predicted molar refractivity (Wildman–Crippen MR) is 127 cm³/mol. The van der Waals surface area contributed by atoms with Crippen molar-refractivity contribution in [3.63, 3.8) is 0 Å². The Morgan fingerprint density at radius 2 is 1.78 bits per heavy atom. The lowest BCUT2D eigenvalue weighted by Crippen LogP contribution is -2.54. The van der Waals surface area contributed by atoms with E-state index in [1.54, 1.807) is 26.1 Å². The second-order valence-corrected chi connectivity index (χ2v) is 8.44. The molecule has 1 aliphatic rings. The third-order valence-corrected chi connectivity index (χ3v) is 5.21. The molecule has 9 heteroatoms. The molecule has 1 fully saturated rings. The summed E-state index contributed by atoms with van der Waals surface area (Å²) in [6.07, 6.45) is 0.833. The van der Waals surface area contributed by atoms with Gasteiger partial charge in [-0.25, -0.2) is 4.99 Å². The number of hydrogen-bond donors (Lipinski definition) is 2. The van der Waals surface area contributed by atoms with Crippen LogP contribution in [0.1, 0.15) is 19.4 Å². The lowest BCUT2D eigenvalue weighted by molar-refractivity contribution is -0.127. The van der Waals surface area contributed by atoms with E-state index in [1.807, 2.05) is 38.1 Å². The van der Waals surface area contributed by atoms with Crippen LogP contribution in [0.25, 0.3) is 0 Å². The fourth-order valence-electron chi connectivity index (χ4n) is 3.35. The summed E-state index contributed by atoms with van der Waals surface area (Å²) < 4.78 is 5.21. The van der Waals surface area contributed by atoms with Gasteiger partial charge in [0.15, 0.2) is 5.96 Å². The van der Waals surface area contributed by atoms with Crippen molar-refractivity contribution in [1.29, 1.82) is 0 Å². The van der Waals surface area contributed by atoms with Crippen LogP contribution >= 0.6 is 0 Å². The van der Waals surface area contributed by atoms with Crippen molar-refractivity contribution >= 4 is 17.8 Å². The smallest absolute Gasteiger partial charge is 0.243 e. The summed E-state index contributed by atoms with van der Waals surface area (Å²) in [4.78, 5) is 34.5. The zero-order valence-electron chi connectivity index (χ0n) is 20.1. The molecular weight excluding hydrogens is 408 g/mol. The Bertz CT molecular complexity index is 756. The number of carbonyl (C=O) groups is 2. The van der Waals surface area contributed by atoms with Crippen LogP contribution in [0.5, 0.6) is 5.75 Å². The van der Waals surface area contributed by atoms with Crippen LogP contribution in [0.4, 0.5) is 0 Å². The molecule has 178 valence electrons. The number of piperazine rings is 1. The highest BCUT2D eigenvalue weighted by Crippen LogP contribution is 2.11. The zero-order valence-corrected chi connectivity index (χ0v) is 20.1. The number of methoxy groups -OCH3 is 1. The number of ether oxygens (including phenoxy) is 1. The molecule has 1 saturated heterocycles. The van der Waals surface area contributed by atoms with Crippen LogP contribution < -0.4 is 15.4 Å². The van der Waals surface area contributed by atoms with Crippen LogP contribution in [-0.2, 0) is 16.0 Å². The Labute approximate surface area is 191 Å². The molecule has 0 bridgehead atoms. The van der Waals surface area contributed by atoms with Crippen LogP contribution in [0.15, 0.2) is 29.3 Å². The van der Waals surface area contributed by atoms with E-state index in [0.717, 1.165) is 44.3 Å². The molecule has 0 saturated carbocycles. The summed E-state index contributed by atoms with van der Waals surface area (Å²) in [7, 11) is 5.12. The molecule has 0 radical (unpaired) electrons. The molecule has 1 heterocycles. The van der Waals surface area contributed by atoms with Gasteiger partial charge in [0, 0.05) is 52.9 Å². The van der Waals surface area contributed by atoms with Crippen LogP contribution in [0.2, 0.25) is 0 Å². The monoisotopic (exact) mass is 446 g/mol. The Kier molecular flexibility index (Phi) is 10.3. The van der Waals surface area contributed by atoms with Gasteiger partial charge in [-0.2, -0.15) is 0 Å². The number of guanidine groups is 1. The Morgan fingerprint density at radius 3 is 2.34 bits per heavy atom. The van der Waals surface area contributed by atoms with E-state index in [1.165, 1.54) is 5.56 Å². The van der Waals surface area contributed by atoms with E-state index in [0.29, 0.717) is 13.1 Å². The van der Waals surface area contributed by atoms with Gasteiger partial charge >= 0.3 is 0 Å². The maximum absolute atomic E-state index is 12.1. The van der Waals surface area contributed by atoms with Gasteiger partial charge in [0.25, 0.3) is 0 Å². The summed E-state index contributed by atoms with van der Waals surface area (Å²) in [5.41, 5.74) is 1.20. The molecule has 1 aromatic rings. The van der Waals surface area contributed by atoms with Crippen molar-refractivity contribution in [2.75, 3.05) is 67.0 Å². The average molecular weight is 447 g/mol. The van der Waals surface area contributed by atoms with Crippen molar-refractivity contribution in [1.82, 2.24) is 25.3 Å². The molecule has 2 rings (SSSR count). The van der Waals surface area contributed by atoms with Crippen molar-refractivity contribution < 1.29 is 14.3 Å². The van der Waals surface area contributed by atoms with Crippen LogP contribution in [-0.4, -0.2) is 106 Å². The third kappa shape index (κ3) is 8.74. The fourth-order valence-corrected chi connectivity index (χ4v) is 3.35. The summed E-state index contributed by atoms with van der Waals surface area (Å²) in [5, 5.41) is 6.36. The number of hydrogen-bond acceptors (Lipinski definition) is 5. The minimum atomic E-state index is -0.0385. The molecule has 1 aromatic carbocycles. The first-order valence-electron chi connectivity index (χ1n) is 11.2. The third-order valence-electron chi connectivity index (χ3n) is 5.21. The second-order valence-electron chi connectivity index (χ2n) is 8.44. The first-order valence-corrected chi connectivity index (χ1v) is 11.2. The average Bonchev–Trinajstić information content (AvgIpc) is 2.76. The van der Waals surface area contributed by atoms with Crippen molar-refractivity contribution in [3.05, 3.63) is 29.8 Å². The van der Waals surface area contributed by atoms with Gasteiger partial charge in [-0.15, -0.1) is 0 Å². The SMILES string of the molecule is COc1ccc(CCNC(=NCC(=O)N(C)C)N2CCN(CC(=O)NC(C)C)CC2)cc1. The maximum atomic E-state index is 12.1. The number of nitrogens with one attached hydrogen (secondary N) is 2. The molecule has 2 amide bonds. The van der Waals surface area contributed by atoms with E-state index < -0.39 is 0 Å². The number of amides is 2. The van der Waals surface area contributed by atoms with Crippen molar-refractivity contribution in [2.24, 2.45) is 4.99 Å². The highest BCUT2D eigenvalue weighted by Gasteiger charge is 2.22. The molecular formula is C23H38N6O3. The Morgan fingerprint density at radius 1 is 1.12 bits per heavy atom. The molecule has 9 nitrogen and oxygen atoms in total. The molecule has 0 aromatic heterocycles. The number of likely N-dealkylation sites (N-methyl/N-ethyl adjacent to an activating group) is 1.